The zero-order valence-corrected chi connectivity index (χ0v) is 11.3. The number of carbonyl (C=O) groups excluding carboxylic acids is 1. The normalized spacial score (nSPS) is 10.8. The second kappa shape index (κ2) is 4.93. The van der Waals surface area contributed by atoms with Crippen LogP contribution in [0.4, 0.5) is 0 Å². The van der Waals surface area contributed by atoms with Crippen LogP contribution in [0.5, 0.6) is 0 Å². The molecule has 102 valence electrons. The summed E-state index contributed by atoms with van der Waals surface area (Å²) in [6, 6.07) is 2.90. The van der Waals surface area contributed by atoms with Crippen molar-refractivity contribution in [2.24, 2.45) is 0 Å². The van der Waals surface area contributed by atoms with E-state index in [2.05, 4.69) is 4.98 Å². The Bertz CT molecular complexity index is 830. The molecule has 0 unspecified atom stereocenters. The fraction of sp³-hybridized carbons (Fsp3) is 0.154. The van der Waals surface area contributed by atoms with Gasteiger partial charge in [0.25, 0.3) is 5.56 Å². The highest BCUT2D eigenvalue weighted by atomic mass is 32.1. The first-order chi connectivity index (χ1) is 9.65. The van der Waals surface area contributed by atoms with Crippen molar-refractivity contribution < 1.29 is 13.9 Å². The molecule has 0 aliphatic heterocycles. The molecular weight excluding hydrogens is 280 g/mol. The van der Waals surface area contributed by atoms with Gasteiger partial charge in [0.05, 0.1) is 12.0 Å². The molecule has 0 aliphatic carbocycles. The van der Waals surface area contributed by atoms with Crippen molar-refractivity contribution in [2.75, 3.05) is 0 Å². The first kappa shape index (κ1) is 12.6. The molecule has 0 aliphatic rings. The molecule has 0 spiro atoms. The maximum atomic E-state index is 11.8. The predicted octanol–water partition coefficient (Wildman–Crippen LogP) is 2.01. The minimum atomic E-state index is -0.496. The third kappa shape index (κ3) is 2.23. The number of carbonyl (C=O) groups is 1. The van der Waals surface area contributed by atoms with Crippen LogP contribution in [0.15, 0.2) is 39.2 Å². The SMILES string of the molecule is Cc1occc1C(=O)OCc1cc(=O)n2ccsc2n1. The van der Waals surface area contributed by atoms with Gasteiger partial charge in [0.15, 0.2) is 4.96 Å². The van der Waals surface area contributed by atoms with Crippen molar-refractivity contribution in [3.63, 3.8) is 0 Å². The number of rotatable bonds is 3. The first-order valence-corrected chi connectivity index (χ1v) is 6.70. The van der Waals surface area contributed by atoms with Crippen LogP contribution in [0, 0.1) is 6.92 Å². The predicted molar refractivity (Wildman–Crippen MR) is 71.9 cm³/mol. The minimum Gasteiger partial charge on any atom is -0.469 e. The number of nitrogens with zero attached hydrogens (tertiary/aromatic N) is 2. The van der Waals surface area contributed by atoms with Gasteiger partial charge in [-0.3, -0.25) is 9.20 Å². The van der Waals surface area contributed by atoms with Gasteiger partial charge in [0, 0.05) is 17.6 Å². The van der Waals surface area contributed by atoms with E-state index in [1.54, 1.807) is 24.6 Å². The standard InChI is InChI=1S/C13H10N2O4S/c1-8-10(2-4-18-8)12(17)19-7-9-6-11(16)15-3-5-20-13(15)14-9/h2-6H,7H2,1H3. The topological polar surface area (TPSA) is 73.8 Å². The summed E-state index contributed by atoms with van der Waals surface area (Å²) in [5.41, 5.74) is 0.604. The van der Waals surface area contributed by atoms with Crippen molar-refractivity contribution in [1.29, 1.82) is 0 Å². The van der Waals surface area contributed by atoms with Gasteiger partial charge in [-0.05, 0) is 13.0 Å². The summed E-state index contributed by atoms with van der Waals surface area (Å²) in [5, 5.41) is 1.77. The number of fused-ring (bicyclic) bond motifs is 1. The lowest BCUT2D eigenvalue weighted by molar-refractivity contribution is 0.0466. The van der Waals surface area contributed by atoms with Crippen LogP contribution in [-0.2, 0) is 11.3 Å². The monoisotopic (exact) mass is 290 g/mol. The molecule has 3 aromatic rings. The quantitative estimate of drug-likeness (QED) is 0.690. The van der Waals surface area contributed by atoms with Gasteiger partial charge in [-0.2, -0.15) is 0 Å². The fourth-order valence-electron chi connectivity index (χ4n) is 1.78. The summed E-state index contributed by atoms with van der Waals surface area (Å²) in [6.07, 6.45) is 3.08. The van der Waals surface area contributed by atoms with Crippen LogP contribution in [0.3, 0.4) is 0 Å². The Hall–Kier alpha value is -2.41. The average molecular weight is 290 g/mol. The molecule has 0 saturated carbocycles. The molecule has 0 saturated heterocycles. The van der Waals surface area contributed by atoms with Crippen LogP contribution < -0.4 is 5.56 Å². The van der Waals surface area contributed by atoms with Gasteiger partial charge < -0.3 is 9.15 Å². The number of thiazole rings is 1. The Morgan fingerprint density at radius 2 is 2.40 bits per heavy atom. The second-order valence-electron chi connectivity index (χ2n) is 4.11. The summed E-state index contributed by atoms with van der Waals surface area (Å²) >= 11 is 1.35. The Morgan fingerprint density at radius 1 is 1.55 bits per heavy atom. The summed E-state index contributed by atoms with van der Waals surface area (Å²) in [7, 11) is 0. The van der Waals surface area contributed by atoms with E-state index in [-0.39, 0.29) is 12.2 Å². The lowest BCUT2D eigenvalue weighted by Crippen LogP contribution is -2.14. The van der Waals surface area contributed by atoms with Crippen molar-refractivity contribution in [2.45, 2.75) is 13.5 Å². The number of aromatic nitrogens is 2. The third-order valence-electron chi connectivity index (χ3n) is 2.79. The van der Waals surface area contributed by atoms with Gasteiger partial charge in [-0.15, -0.1) is 11.3 Å². The molecule has 0 atom stereocenters. The van der Waals surface area contributed by atoms with Crippen molar-refractivity contribution in [3.8, 4) is 0 Å². The third-order valence-corrected chi connectivity index (χ3v) is 3.54. The Kier molecular flexibility index (Phi) is 3.11. The molecule has 20 heavy (non-hydrogen) atoms. The van der Waals surface area contributed by atoms with Gasteiger partial charge in [0.1, 0.15) is 17.9 Å². The Balaban J connectivity index is 1.79. The Morgan fingerprint density at radius 3 is 3.15 bits per heavy atom. The van der Waals surface area contributed by atoms with E-state index in [4.69, 9.17) is 9.15 Å². The van der Waals surface area contributed by atoms with Crippen molar-refractivity contribution >= 4 is 22.3 Å². The molecule has 7 heteroatoms. The maximum Gasteiger partial charge on any atom is 0.342 e. The van der Waals surface area contributed by atoms with E-state index in [0.717, 1.165) is 0 Å². The number of aryl methyl sites for hydroxylation is 1. The molecule has 3 rings (SSSR count). The number of hydrogen-bond acceptors (Lipinski definition) is 6. The van der Waals surface area contributed by atoms with E-state index in [9.17, 15) is 9.59 Å². The zero-order chi connectivity index (χ0) is 14.1. The molecule has 6 nitrogen and oxygen atoms in total. The van der Waals surface area contributed by atoms with E-state index in [1.807, 2.05) is 0 Å². The molecule has 0 bridgehead atoms. The molecule has 0 fully saturated rings. The van der Waals surface area contributed by atoms with Crippen LogP contribution in [-0.4, -0.2) is 15.4 Å². The van der Waals surface area contributed by atoms with Crippen molar-refractivity contribution in [1.82, 2.24) is 9.38 Å². The van der Waals surface area contributed by atoms with Crippen molar-refractivity contribution in [3.05, 3.63) is 57.3 Å². The summed E-state index contributed by atoms with van der Waals surface area (Å²) in [5.74, 6) is 0.00108. The lowest BCUT2D eigenvalue weighted by Gasteiger charge is -2.03. The molecule has 3 aromatic heterocycles. The summed E-state index contributed by atoms with van der Waals surface area (Å²) in [4.78, 5) is 28.4. The number of ether oxygens (including phenoxy) is 1. The summed E-state index contributed by atoms with van der Waals surface area (Å²) < 4.78 is 11.6. The highest BCUT2D eigenvalue weighted by molar-refractivity contribution is 7.15. The zero-order valence-electron chi connectivity index (χ0n) is 10.5. The Labute approximate surface area is 117 Å². The number of hydrogen-bond donors (Lipinski definition) is 0. The number of furan rings is 1. The van der Waals surface area contributed by atoms with Crippen LogP contribution in [0.1, 0.15) is 21.8 Å². The lowest BCUT2D eigenvalue weighted by atomic mass is 10.3. The largest absolute Gasteiger partial charge is 0.469 e. The van der Waals surface area contributed by atoms with Gasteiger partial charge >= 0.3 is 5.97 Å². The van der Waals surface area contributed by atoms with Gasteiger partial charge in [0.2, 0.25) is 0 Å². The smallest absolute Gasteiger partial charge is 0.342 e. The molecule has 0 radical (unpaired) electrons. The maximum absolute atomic E-state index is 11.8. The highest BCUT2D eigenvalue weighted by Crippen LogP contribution is 2.12. The van der Waals surface area contributed by atoms with Crippen LogP contribution >= 0.6 is 11.3 Å². The molecule has 0 aromatic carbocycles. The van der Waals surface area contributed by atoms with Crippen LogP contribution in [0.25, 0.3) is 4.96 Å². The first-order valence-electron chi connectivity index (χ1n) is 5.82. The second-order valence-corrected chi connectivity index (χ2v) is 4.98. The van der Waals surface area contributed by atoms with Crippen LogP contribution in [0.2, 0.25) is 0 Å². The molecule has 0 N–H and O–H groups in total. The van der Waals surface area contributed by atoms with E-state index >= 15 is 0 Å². The fourth-order valence-corrected chi connectivity index (χ4v) is 2.51. The minimum absolute atomic E-state index is 0.0485. The van der Waals surface area contributed by atoms with E-state index < -0.39 is 5.97 Å². The molecular formula is C13H10N2O4S. The van der Waals surface area contributed by atoms with E-state index in [0.29, 0.717) is 22.0 Å². The van der Waals surface area contributed by atoms with Gasteiger partial charge in [-0.1, -0.05) is 0 Å². The highest BCUT2D eigenvalue weighted by Gasteiger charge is 2.13. The van der Waals surface area contributed by atoms with Gasteiger partial charge in [-0.25, -0.2) is 9.78 Å². The number of esters is 1. The summed E-state index contributed by atoms with van der Waals surface area (Å²) in [6.45, 7) is 1.63. The molecule has 3 heterocycles. The average Bonchev–Trinajstić information content (AvgIpc) is 3.04. The molecule has 0 amide bonds. The van der Waals surface area contributed by atoms with E-state index in [1.165, 1.54) is 28.1 Å².